The summed E-state index contributed by atoms with van der Waals surface area (Å²) in [6, 6.07) is 4.33. The third kappa shape index (κ3) is 3.41. The fourth-order valence-corrected chi connectivity index (χ4v) is 3.28. The summed E-state index contributed by atoms with van der Waals surface area (Å²) in [7, 11) is -0.786. The molecule has 0 radical (unpaired) electrons. The largest absolute Gasteiger partial charge is 0.496 e. The summed E-state index contributed by atoms with van der Waals surface area (Å²) in [5.41, 5.74) is 0.286. The van der Waals surface area contributed by atoms with Crippen molar-refractivity contribution in [3.63, 3.8) is 0 Å². The highest BCUT2D eigenvalue weighted by Gasteiger charge is 2.25. The van der Waals surface area contributed by atoms with Crippen LogP contribution in [0.15, 0.2) is 23.1 Å². The van der Waals surface area contributed by atoms with Crippen molar-refractivity contribution in [3.8, 4) is 5.75 Å². The monoisotopic (exact) mass is 326 g/mol. The predicted molar refractivity (Wildman–Crippen MR) is 83.5 cm³/mol. The zero-order chi connectivity index (χ0) is 16.3. The third-order valence-electron chi connectivity index (χ3n) is 4.05. The normalized spacial score (nSPS) is 16.6. The predicted octanol–water partition coefficient (Wildman–Crippen LogP) is 1.48. The lowest BCUT2D eigenvalue weighted by molar-refractivity contribution is 0.0693. The minimum atomic E-state index is -3.59. The van der Waals surface area contributed by atoms with Gasteiger partial charge in [-0.2, -0.15) is 0 Å². The molecular formula is C15H22N2O4S. The smallest absolute Gasteiger partial charge is 0.257 e. The number of nitrogens with one attached hydrogen (secondary N) is 1. The second kappa shape index (κ2) is 6.66. The van der Waals surface area contributed by atoms with Crippen molar-refractivity contribution < 1.29 is 17.9 Å². The third-order valence-corrected chi connectivity index (χ3v) is 5.46. The van der Waals surface area contributed by atoms with E-state index in [0.29, 0.717) is 24.8 Å². The van der Waals surface area contributed by atoms with Crippen LogP contribution in [-0.2, 0) is 10.0 Å². The van der Waals surface area contributed by atoms with E-state index in [1.54, 1.807) is 4.90 Å². The first kappa shape index (κ1) is 16.8. The van der Waals surface area contributed by atoms with E-state index in [0.717, 1.165) is 12.8 Å². The van der Waals surface area contributed by atoms with E-state index in [-0.39, 0.29) is 16.4 Å². The molecule has 0 unspecified atom stereocenters. The van der Waals surface area contributed by atoms with Gasteiger partial charge in [0, 0.05) is 13.1 Å². The molecule has 1 aliphatic heterocycles. The number of piperidine rings is 1. The number of sulfonamides is 1. The number of likely N-dealkylation sites (tertiary alicyclic amines) is 1. The van der Waals surface area contributed by atoms with Crippen LogP contribution < -0.4 is 9.46 Å². The summed E-state index contributed by atoms with van der Waals surface area (Å²) in [6.45, 7) is 3.54. The molecule has 1 fully saturated rings. The Labute approximate surface area is 131 Å². The van der Waals surface area contributed by atoms with Crippen LogP contribution in [0.2, 0.25) is 0 Å². The molecular weight excluding hydrogens is 304 g/mol. The van der Waals surface area contributed by atoms with Gasteiger partial charge < -0.3 is 9.64 Å². The molecule has 1 aromatic carbocycles. The number of amides is 1. The number of hydrogen-bond acceptors (Lipinski definition) is 4. The summed E-state index contributed by atoms with van der Waals surface area (Å²) in [4.78, 5) is 14.5. The number of hydrogen-bond donors (Lipinski definition) is 1. The fraction of sp³-hybridized carbons (Fsp3) is 0.533. The average Bonchev–Trinajstić information content (AvgIpc) is 2.54. The molecule has 1 heterocycles. The maximum Gasteiger partial charge on any atom is 0.257 e. The van der Waals surface area contributed by atoms with Gasteiger partial charge in [0.15, 0.2) is 0 Å². The first-order valence-corrected chi connectivity index (χ1v) is 8.78. The molecule has 1 N–H and O–H groups in total. The van der Waals surface area contributed by atoms with Crippen molar-refractivity contribution in [3.05, 3.63) is 23.8 Å². The van der Waals surface area contributed by atoms with Crippen molar-refractivity contribution in [1.29, 1.82) is 0 Å². The van der Waals surface area contributed by atoms with Crippen molar-refractivity contribution in [2.75, 3.05) is 27.2 Å². The maximum atomic E-state index is 12.7. The Morgan fingerprint density at radius 2 is 1.95 bits per heavy atom. The second-order valence-corrected chi connectivity index (χ2v) is 7.43. The van der Waals surface area contributed by atoms with E-state index in [1.807, 2.05) is 0 Å². The van der Waals surface area contributed by atoms with Crippen LogP contribution in [0.5, 0.6) is 5.75 Å². The Morgan fingerprint density at radius 3 is 2.50 bits per heavy atom. The molecule has 1 saturated heterocycles. The first-order chi connectivity index (χ1) is 10.4. The summed E-state index contributed by atoms with van der Waals surface area (Å²) >= 11 is 0. The van der Waals surface area contributed by atoms with E-state index in [1.165, 1.54) is 32.4 Å². The van der Waals surface area contributed by atoms with Gasteiger partial charge in [0.25, 0.3) is 5.91 Å². The topological polar surface area (TPSA) is 75.7 Å². The van der Waals surface area contributed by atoms with Gasteiger partial charge in [-0.05, 0) is 44.0 Å². The summed E-state index contributed by atoms with van der Waals surface area (Å²) in [5, 5.41) is 0. The molecule has 0 spiro atoms. The first-order valence-electron chi connectivity index (χ1n) is 7.30. The molecule has 0 bridgehead atoms. The van der Waals surface area contributed by atoms with Crippen LogP contribution in [0.25, 0.3) is 0 Å². The Morgan fingerprint density at radius 1 is 1.32 bits per heavy atom. The molecule has 122 valence electrons. The average molecular weight is 326 g/mol. The number of rotatable bonds is 4. The Bertz CT molecular complexity index is 650. The number of carbonyl (C=O) groups is 1. The molecule has 1 aliphatic rings. The van der Waals surface area contributed by atoms with Crippen LogP contribution in [0.4, 0.5) is 0 Å². The van der Waals surface area contributed by atoms with E-state index < -0.39 is 10.0 Å². The summed E-state index contributed by atoms with van der Waals surface area (Å²) in [6.07, 6.45) is 1.92. The van der Waals surface area contributed by atoms with Crippen LogP contribution in [0.3, 0.4) is 0 Å². The quantitative estimate of drug-likeness (QED) is 0.909. The molecule has 0 saturated carbocycles. The SMILES string of the molecule is CNS(=O)(=O)c1ccc(OC)c(C(=O)N2CCC(C)CC2)c1. The summed E-state index contributed by atoms with van der Waals surface area (Å²) in [5.74, 6) is 0.817. The van der Waals surface area contributed by atoms with Crippen molar-refractivity contribution >= 4 is 15.9 Å². The van der Waals surface area contributed by atoms with Gasteiger partial charge in [-0.1, -0.05) is 6.92 Å². The Balaban J connectivity index is 2.36. The Kier molecular flexibility index (Phi) is 5.08. The van der Waals surface area contributed by atoms with Crippen LogP contribution in [0, 0.1) is 5.92 Å². The lowest BCUT2D eigenvalue weighted by atomic mass is 9.98. The molecule has 0 aromatic heterocycles. The highest BCUT2D eigenvalue weighted by atomic mass is 32.2. The minimum absolute atomic E-state index is 0.0597. The highest BCUT2D eigenvalue weighted by Crippen LogP contribution is 2.26. The van der Waals surface area contributed by atoms with Gasteiger partial charge in [0.1, 0.15) is 5.75 Å². The molecule has 6 nitrogen and oxygen atoms in total. The number of methoxy groups -OCH3 is 1. The minimum Gasteiger partial charge on any atom is -0.496 e. The highest BCUT2D eigenvalue weighted by molar-refractivity contribution is 7.89. The summed E-state index contributed by atoms with van der Waals surface area (Å²) < 4.78 is 31.3. The molecule has 0 aliphatic carbocycles. The fourth-order valence-electron chi connectivity index (χ4n) is 2.52. The second-order valence-electron chi connectivity index (χ2n) is 5.54. The van der Waals surface area contributed by atoms with E-state index in [9.17, 15) is 13.2 Å². The molecule has 22 heavy (non-hydrogen) atoms. The Hall–Kier alpha value is -1.60. The zero-order valence-corrected chi connectivity index (χ0v) is 13.9. The van der Waals surface area contributed by atoms with Gasteiger partial charge >= 0.3 is 0 Å². The van der Waals surface area contributed by atoms with Crippen LogP contribution >= 0.6 is 0 Å². The van der Waals surface area contributed by atoms with Gasteiger partial charge in [0.05, 0.1) is 17.6 Å². The van der Waals surface area contributed by atoms with Crippen LogP contribution in [-0.4, -0.2) is 46.5 Å². The number of nitrogens with zero attached hydrogens (tertiary/aromatic N) is 1. The van der Waals surface area contributed by atoms with Crippen molar-refractivity contribution in [2.24, 2.45) is 5.92 Å². The van der Waals surface area contributed by atoms with E-state index >= 15 is 0 Å². The van der Waals surface area contributed by atoms with Gasteiger partial charge in [0.2, 0.25) is 10.0 Å². The van der Waals surface area contributed by atoms with Gasteiger partial charge in [-0.25, -0.2) is 13.1 Å². The lowest BCUT2D eigenvalue weighted by Crippen LogP contribution is -2.38. The molecule has 1 aromatic rings. The van der Waals surface area contributed by atoms with Crippen LogP contribution in [0.1, 0.15) is 30.1 Å². The van der Waals surface area contributed by atoms with Crippen molar-refractivity contribution in [2.45, 2.75) is 24.7 Å². The lowest BCUT2D eigenvalue weighted by Gasteiger charge is -2.30. The standard InChI is InChI=1S/C15H22N2O4S/c1-11-6-8-17(9-7-11)15(18)13-10-12(22(19,20)16-2)4-5-14(13)21-3/h4-5,10-11,16H,6-9H2,1-3H3. The van der Waals surface area contributed by atoms with Gasteiger partial charge in [-0.3, -0.25) is 4.79 Å². The zero-order valence-electron chi connectivity index (χ0n) is 13.1. The number of carbonyl (C=O) groups excluding carboxylic acids is 1. The molecule has 1 amide bonds. The van der Waals surface area contributed by atoms with E-state index in [4.69, 9.17) is 4.74 Å². The molecule has 7 heteroatoms. The maximum absolute atomic E-state index is 12.7. The van der Waals surface area contributed by atoms with Crippen molar-refractivity contribution in [1.82, 2.24) is 9.62 Å². The van der Waals surface area contributed by atoms with Gasteiger partial charge in [-0.15, -0.1) is 0 Å². The number of benzene rings is 1. The molecule has 2 rings (SSSR count). The number of ether oxygens (including phenoxy) is 1. The van der Waals surface area contributed by atoms with E-state index in [2.05, 4.69) is 11.6 Å². The molecule has 0 atom stereocenters.